The van der Waals surface area contributed by atoms with Crippen molar-refractivity contribution in [2.45, 2.75) is 38.7 Å². The summed E-state index contributed by atoms with van der Waals surface area (Å²) in [4.78, 5) is 21.9. The molecule has 5 nitrogen and oxygen atoms in total. The van der Waals surface area contributed by atoms with E-state index in [4.69, 9.17) is 0 Å². The van der Waals surface area contributed by atoms with Crippen LogP contribution in [0.5, 0.6) is 0 Å². The molecule has 2 aromatic heterocycles. The SMILES string of the molecule is CC(C)(O)CC1CCN(C(=O)c2cc3ncccc3[nH]2)CC1. The van der Waals surface area contributed by atoms with Crippen molar-refractivity contribution in [3.8, 4) is 0 Å². The van der Waals surface area contributed by atoms with E-state index in [0.29, 0.717) is 11.6 Å². The molecule has 0 spiro atoms. The van der Waals surface area contributed by atoms with Crippen molar-refractivity contribution >= 4 is 16.9 Å². The molecule has 0 atom stereocenters. The normalized spacial score (nSPS) is 17.1. The van der Waals surface area contributed by atoms with E-state index in [-0.39, 0.29) is 5.91 Å². The van der Waals surface area contributed by atoms with Crippen LogP contribution in [-0.4, -0.2) is 44.6 Å². The standard InChI is InChI=1S/C17H23N3O2/c1-17(2,22)11-12-5-8-20(9-6-12)16(21)15-10-14-13(19-15)4-3-7-18-14/h3-4,7,10,12,19,22H,5-6,8-9,11H2,1-2H3. The average Bonchev–Trinajstić information content (AvgIpc) is 2.89. The Kier molecular flexibility index (Phi) is 3.91. The fraction of sp³-hybridized carbons (Fsp3) is 0.529. The third-order valence-electron chi connectivity index (χ3n) is 4.31. The van der Waals surface area contributed by atoms with E-state index in [1.165, 1.54) is 0 Å². The number of carbonyl (C=O) groups is 1. The number of piperidine rings is 1. The number of rotatable bonds is 3. The monoisotopic (exact) mass is 301 g/mol. The summed E-state index contributed by atoms with van der Waals surface area (Å²) in [6, 6.07) is 5.60. The zero-order chi connectivity index (χ0) is 15.7. The maximum absolute atomic E-state index is 12.6. The van der Waals surface area contributed by atoms with Gasteiger partial charge in [-0.3, -0.25) is 9.78 Å². The van der Waals surface area contributed by atoms with Crippen LogP contribution in [0.4, 0.5) is 0 Å². The maximum Gasteiger partial charge on any atom is 0.270 e. The molecule has 0 bridgehead atoms. The summed E-state index contributed by atoms with van der Waals surface area (Å²) in [5.41, 5.74) is 1.69. The van der Waals surface area contributed by atoms with Crippen molar-refractivity contribution in [3.63, 3.8) is 0 Å². The van der Waals surface area contributed by atoms with Gasteiger partial charge in [0.2, 0.25) is 0 Å². The summed E-state index contributed by atoms with van der Waals surface area (Å²) in [5, 5.41) is 9.91. The van der Waals surface area contributed by atoms with Gasteiger partial charge in [0.05, 0.1) is 16.6 Å². The van der Waals surface area contributed by atoms with Crippen LogP contribution in [0, 0.1) is 5.92 Å². The largest absolute Gasteiger partial charge is 0.390 e. The van der Waals surface area contributed by atoms with E-state index in [1.54, 1.807) is 6.20 Å². The van der Waals surface area contributed by atoms with Crippen LogP contribution in [0.2, 0.25) is 0 Å². The molecular formula is C17H23N3O2. The summed E-state index contributed by atoms with van der Waals surface area (Å²) in [5.74, 6) is 0.535. The molecule has 1 saturated heterocycles. The molecule has 0 aromatic carbocycles. The molecule has 118 valence electrons. The fourth-order valence-electron chi connectivity index (χ4n) is 3.29. The topological polar surface area (TPSA) is 69.2 Å². The van der Waals surface area contributed by atoms with Crippen LogP contribution in [-0.2, 0) is 0 Å². The van der Waals surface area contributed by atoms with Crippen molar-refractivity contribution in [2.75, 3.05) is 13.1 Å². The second-order valence-electron chi connectivity index (χ2n) is 6.87. The number of nitrogens with zero attached hydrogens (tertiary/aromatic N) is 2. The molecule has 22 heavy (non-hydrogen) atoms. The average molecular weight is 301 g/mol. The number of hydrogen-bond donors (Lipinski definition) is 2. The van der Waals surface area contributed by atoms with Gasteiger partial charge >= 0.3 is 0 Å². The lowest BCUT2D eigenvalue weighted by molar-refractivity contribution is 0.0357. The first-order valence-corrected chi connectivity index (χ1v) is 7.88. The number of H-pyrrole nitrogens is 1. The predicted octanol–water partition coefficient (Wildman–Crippen LogP) is 2.58. The Morgan fingerprint density at radius 3 is 2.82 bits per heavy atom. The maximum atomic E-state index is 12.6. The van der Waals surface area contributed by atoms with Crippen molar-refractivity contribution in [3.05, 3.63) is 30.1 Å². The van der Waals surface area contributed by atoms with Gasteiger partial charge in [-0.15, -0.1) is 0 Å². The minimum absolute atomic E-state index is 0.0414. The second kappa shape index (κ2) is 5.72. The van der Waals surface area contributed by atoms with E-state index >= 15 is 0 Å². The Bertz CT molecular complexity index is 631. The van der Waals surface area contributed by atoms with Crippen molar-refractivity contribution in [1.82, 2.24) is 14.9 Å². The molecule has 3 rings (SSSR count). The van der Waals surface area contributed by atoms with Gasteiger partial charge in [0, 0.05) is 19.3 Å². The van der Waals surface area contributed by atoms with Gasteiger partial charge in [-0.25, -0.2) is 0 Å². The lowest BCUT2D eigenvalue weighted by atomic mass is 9.86. The number of nitrogens with one attached hydrogen (secondary N) is 1. The van der Waals surface area contributed by atoms with E-state index in [0.717, 1.165) is 43.4 Å². The zero-order valence-electron chi connectivity index (χ0n) is 13.2. The Morgan fingerprint density at radius 1 is 1.45 bits per heavy atom. The summed E-state index contributed by atoms with van der Waals surface area (Å²) in [6.07, 6.45) is 4.43. The van der Waals surface area contributed by atoms with Crippen molar-refractivity contribution < 1.29 is 9.90 Å². The third kappa shape index (κ3) is 3.30. The first kappa shape index (κ1) is 15.0. The minimum atomic E-state index is -0.625. The molecule has 1 aliphatic heterocycles. The summed E-state index contributed by atoms with van der Waals surface area (Å²) < 4.78 is 0. The van der Waals surface area contributed by atoms with Gasteiger partial charge in [-0.1, -0.05) is 0 Å². The number of hydrogen-bond acceptors (Lipinski definition) is 3. The highest BCUT2D eigenvalue weighted by atomic mass is 16.3. The molecule has 0 unspecified atom stereocenters. The van der Waals surface area contributed by atoms with E-state index in [2.05, 4.69) is 9.97 Å². The zero-order valence-corrected chi connectivity index (χ0v) is 13.2. The molecular weight excluding hydrogens is 278 g/mol. The molecule has 1 fully saturated rings. The van der Waals surface area contributed by atoms with E-state index < -0.39 is 5.60 Å². The van der Waals surface area contributed by atoms with Gasteiger partial charge in [-0.2, -0.15) is 0 Å². The van der Waals surface area contributed by atoms with Crippen LogP contribution >= 0.6 is 0 Å². The van der Waals surface area contributed by atoms with Crippen molar-refractivity contribution in [1.29, 1.82) is 0 Å². The van der Waals surface area contributed by atoms with Crippen LogP contribution in [0.25, 0.3) is 11.0 Å². The molecule has 0 saturated carbocycles. The Labute approximate surface area is 130 Å². The first-order chi connectivity index (χ1) is 10.4. The van der Waals surface area contributed by atoms with Gasteiger partial charge in [0.25, 0.3) is 5.91 Å². The number of carbonyl (C=O) groups excluding carboxylic acids is 1. The summed E-state index contributed by atoms with van der Waals surface area (Å²) in [7, 11) is 0. The summed E-state index contributed by atoms with van der Waals surface area (Å²) in [6.45, 7) is 5.20. The van der Waals surface area contributed by atoms with Gasteiger partial charge in [0.15, 0.2) is 0 Å². The van der Waals surface area contributed by atoms with Crippen molar-refractivity contribution in [2.24, 2.45) is 5.92 Å². The van der Waals surface area contributed by atoms with Gasteiger partial charge < -0.3 is 15.0 Å². The van der Waals surface area contributed by atoms with Crippen LogP contribution in [0.1, 0.15) is 43.6 Å². The fourth-order valence-corrected chi connectivity index (χ4v) is 3.29. The molecule has 0 radical (unpaired) electrons. The second-order valence-corrected chi connectivity index (χ2v) is 6.87. The summed E-state index contributed by atoms with van der Waals surface area (Å²) >= 11 is 0. The first-order valence-electron chi connectivity index (χ1n) is 7.88. The number of pyridine rings is 1. The minimum Gasteiger partial charge on any atom is -0.390 e. The number of aliphatic hydroxyl groups is 1. The van der Waals surface area contributed by atoms with E-state index in [1.807, 2.05) is 36.9 Å². The molecule has 2 aromatic rings. The van der Waals surface area contributed by atoms with Crippen LogP contribution in [0.3, 0.4) is 0 Å². The number of amides is 1. The molecule has 1 aliphatic rings. The van der Waals surface area contributed by atoms with Crippen LogP contribution < -0.4 is 0 Å². The van der Waals surface area contributed by atoms with Gasteiger partial charge in [-0.05, 0) is 57.2 Å². The Hall–Kier alpha value is -1.88. The molecule has 2 N–H and O–H groups in total. The van der Waals surface area contributed by atoms with E-state index in [9.17, 15) is 9.90 Å². The lowest BCUT2D eigenvalue weighted by Gasteiger charge is -2.34. The third-order valence-corrected chi connectivity index (χ3v) is 4.31. The Morgan fingerprint density at radius 2 is 2.18 bits per heavy atom. The number of fused-ring (bicyclic) bond motifs is 1. The Balaban J connectivity index is 1.64. The molecule has 5 heteroatoms. The molecule has 0 aliphatic carbocycles. The number of likely N-dealkylation sites (tertiary alicyclic amines) is 1. The lowest BCUT2D eigenvalue weighted by Crippen LogP contribution is -2.40. The number of aromatic nitrogens is 2. The highest BCUT2D eigenvalue weighted by molar-refractivity contribution is 5.97. The quantitative estimate of drug-likeness (QED) is 0.915. The highest BCUT2D eigenvalue weighted by Gasteiger charge is 2.27. The smallest absolute Gasteiger partial charge is 0.270 e. The number of aromatic amines is 1. The van der Waals surface area contributed by atoms with Gasteiger partial charge in [0.1, 0.15) is 5.69 Å². The predicted molar refractivity (Wildman–Crippen MR) is 85.6 cm³/mol. The van der Waals surface area contributed by atoms with Crippen LogP contribution in [0.15, 0.2) is 24.4 Å². The highest BCUT2D eigenvalue weighted by Crippen LogP contribution is 2.27. The molecule has 1 amide bonds. The molecule has 3 heterocycles.